The van der Waals surface area contributed by atoms with Gasteiger partial charge in [-0.25, -0.2) is 9.78 Å². The molecule has 7 nitrogen and oxygen atoms in total. The van der Waals surface area contributed by atoms with Crippen LogP contribution in [-0.2, 0) is 0 Å². The Balaban J connectivity index is 1.15. The molecule has 1 amide bonds. The minimum atomic E-state index is -0.610. The summed E-state index contributed by atoms with van der Waals surface area (Å²) in [6, 6.07) is 13.1. The van der Waals surface area contributed by atoms with Crippen LogP contribution in [0, 0.1) is 13.8 Å². The third-order valence-electron chi connectivity index (χ3n) is 6.05. The first-order chi connectivity index (χ1) is 16.0. The van der Waals surface area contributed by atoms with Gasteiger partial charge in [-0.1, -0.05) is 35.6 Å². The number of carbonyl (C=O) groups excluding carboxylic acids is 1. The fraction of sp³-hybridized carbons (Fsp3) is 0.320. The van der Waals surface area contributed by atoms with Crippen LogP contribution in [0.3, 0.4) is 0 Å². The van der Waals surface area contributed by atoms with Gasteiger partial charge in [0.25, 0.3) is 5.91 Å². The van der Waals surface area contributed by atoms with E-state index in [-0.39, 0.29) is 5.56 Å². The maximum absolute atomic E-state index is 12.5. The SMILES string of the molecule is Cc1cc(C)c2sc(N3CCN(CCNC(=O)c4cc5ccccc5oc4=O)CC3)nc2c1. The predicted molar refractivity (Wildman–Crippen MR) is 133 cm³/mol. The van der Waals surface area contributed by atoms with Gasteiger partial charge in [-0.2, -0.15) is 0 Å². The monoisotopic (exact) mass is 462 g/mol. The summed E-state index contributed by atoms with van der Waals surface area (Å²) >= 11 is 1.76. The number of benzene rings is 2. The van der Waals surface area contributed by atoms with E-state index in [0.29, 0.717) is 12.1 Å². The molecule has 0 aliphatic carbocycles. The Bertz CT molecular complexity index is 1390. The van der Waals surface area contributed by atoms with Crippen molar-refractivity contribution in [3.05, 3.63) is 69.6 Å². The summed E-state index contributed by atoms with van der Waals surface area (Å²) in [6.07, 6.45) is 0. The third-order valence-corrected chi connectivity index (χ3v) is 7.32. The van der Waals surface area contributed by atoms with E-state index in [2.05, 4.69) is 41.1 Å². The first-order valence-electron chi connectivity index (χ1n) is 11.1. The van der Waals surface area contributed by atoms with Gasteiger partial charge in [-0.05, 0) is 43.2 Å². The van der Waals surface area contributed by atoms with E-state index in [1.54, 1.807) is 29.5 Å². The fourth-order valence-corrected chi connectivity index (χ4v) is 5.37. The number of piperazine rings is 1. The van der Waals surface area contributed by atoms with E-state index < -0.39 is 11.5 Å². The molecule has 0 spiro atoms. The molecule has 0 atom stereocenters. The second-order valence-corrected chi connectivity index (χ2v) is 9.47. The number of aryl methyl sites for hydroxylation is 2. The average Bonchev–Trinajstić information content (AvgIpc) is 3.23. The number of anilines is 1. The Hall–Kier alpha value is -3.23. The molecule has 5 rings (SSSR count). The Morgan fingerprint density at radius 3 is 2.73 bits per heavy atom. The molecular weight excluding hydrogens is 436 g/mol. The maximum atomic E-state index is 12.5. The van der Waals surface area contributed by atoms with E-state index >= 15 is 0 Å². The van der Waals surface area contributed by atoms with Crippen LogP contribution in [0.2, 0.25) is 0 Å². The highest BCUT2D eigenvalue weighted by atomic mass is 32.1. The van der Waals surface area contributed by atoms with Gasteiger partial charge in [-0.15, -0.1) is 0 Å². The Morgan fingerprint density at radius 1 is 1.12 bits per heavy atom. The van der Waals surface area contributed by atoms with E-state index in [0.717, 1.165) is 48.8 Å². The summed E-state index contributed by atoms with van der Waals surface area (Å²) in [5.41, 5.74) is 3.51. The summed E-state index contributed by atoms with van der Waals surface area (Å²) in [5.74, 6) is -0.395. The zero-order valence-electron chi connectivity index (χ0n) is 18.8. The predicted octanol–water partition coefficient (Wildman–Crippen LogP) is 3.57. The number of thiazole rings is 1. The molecule has 1 aliphatic rings. The van der Waals surface area contributed by atoms with Crippen LogP contribution in [0.1, 0.15) is 21.5 Å². The molecule has 1 saturated heterocycles. The van der Waals surface area contributed by atoms with Crippen LogP contribution < -0.4 is 15.8 Å². The fourth-order valence-electron chi connectivity index (χ4n) is 4.31. The number of hydrogen-bond donors (Lipinski definition) is 1. The zero-order valence-corrected chi connectivity index (χ0v) is 19.6. The van der Waals surface area contributed by atoms with Crippen molar-refractivity contribution in [2.24, 2.45) is 0 Å². The van der Waals surface area contributed by atoms with Crippen LogP contribution in [0.25, 0.3) is 21.2 Å². The van der Waals surface area contributed by atoms with Crippen LogP contribution in [0.5, 0.6) is 0 Å². The van der Waals surface area contributed by atoms with Crippen molar-refractivity contribution in [3.8, 4) is 0 Å². The summed E-state index contributed by atoms with van der Waals surface area (Å²) in [5, 5.41) is 4.67. The number of hydrogen-bond acceptors (Lipinski definition) is 7. The van der Waals surface area contributed by atoms with Crippen LogP contribution in [-0.4, -0.2) is 55.1 Å². The Morgan fingerprint density at radius 2 is 1.91 bits per heavy atom. The number of amides is 1. The Labute approximate surface area is 195 Å². The molecule has 33 heavy (non-hydrogen) atoms. The van der Waals surface area contributed by atoms with E-state index in [1.807, 2.05) is 12.1 Å². The molecule has 3 heterocycles. The second kappa shape index (κ2) is 8.96. The lowest BCUT2D eigenvalue weighted by molar-refractivity contribution is 0.0944. The van der Waals surface area contributed by atoms with Gasteiger partial charge in [0.15, 0.2) is 5.13 Å². The first-order valence-corrected chi connectivity index (χ1v) is 12.0. The molecule has 1 N–H and O–H groups in total. The molecule has 0 bridgehead atoms. The van der Waals surface area contributed by atoms with Gasteiger partial charge in [0, 0.05) is 44.7 Å². The molecule has 0 saturated carbocycles. The standard InChI is InChI=1S/C25H26N4O3S/c1-16-13-17(2)22-20(14-16)27-25(33-22)29-11-9-28(10-12-29)8-7-26-23(30)19-15-18-5-3-4-6-21(18)32-24(19)31/h3-6,13-15H,7-12H2,1-2H3,(H,26,30). The van der Waals surface area contributed by atoms with Crippen molar-refractivity contribution in [1.82, 2.24) is 15.2 Å². The maximum Gasteiger partial charge on any atom is 0.349 e. The summed E-state index contributed by atoms with van der Waals surface area (Å²) < 4.78 is 6.53. The van der Waals surface area contributed by atoms with Gasteiger partial charge in [0.05, 0.1) is 10.2 Å². The lowest BCUT2D eigenvalue weighted by atomic mass is 10.1. The number of nitrogens with one attached hydrogen (secondary N) is 1. The van der Waals surface area contributed by atoms with Crippen molar-refractivity contribution in [2.75, 3.05) is 44.2 Å². The second-order valence-electron chi connectivity index (χ2n) is 8.50. The van der Waals surface area contributed by atoms with Crippen molar-refractivity contribution in [2.45, 2.75) is 13.8 Å². The van der Waals surface area contributed by atoms with Gasteiger partial charge in [-0.3, -0.25) is 9.69 Å². The smallest absolute Gasteiger partial charge is 0.349 e. The summed E-state index contributed by atoms with van der Waals surface area (Å²) in [4.78, 5) is 34.2. The third kappa shape index (κ3) is 4.49. The summed E-state index contributed by atoms with van der Waals surface area (Å²) in [7, 11) is 0. The van der Waals surface area contributed by atoms with E-state index in [1.165, 1.54) is 15.8 Å². The van der Waals surface area contributed by atoms with Crippen LogP contribution in [0.15, 0.2) is 51.7 Å². The molecule has 8 heteroatoms. The quantitative estimate of drug-likeness (QED) is 0.457. The van der Waals surface area contributed by atoms with Crippen molar-refractivity contribution in [3.63, 3.8) is 0 Å². The minimum absolute atomic E-state index is 0.0416. The van der Waals surface area contributed by atoms with Crippen LogP contribution >= 0.6 is 11.3 Å². The highest BCUT2D eigenvalue weighted by Crippen LogP contribution is 2.32. The zero-order chi connectivity index (χ0) is 22.9. The van der Waals surface area contributed by atoms with Crippen molar-refractivity contribution in [1.29, 1.82) is 0 Å². The average molecular weight is 463 g/mol. The lowest BCUT2D eigenvalue weighted by Crippen LogP contribution is -2.48. The molecule has 0 radical (unpaired) electrons. The van der Waals surface area contributed by atoms with E-state index in [9.17, 15) is 9.59 Å². The number of carbonyl (C=O) groups is 1. The molecule has 0 unspecified atom stereocenters. The number of rotatable bonds is 5. The largest absolute Gasteiger partial charge is 0.422 e. The number of para-hydroxylation sites is 1. The molecule has 4 aromatic rings. The molecule has 1 fully saturated rings. The number of aromatic nitrogens is 1. The molecule has 2 aromatic heterocycles. The highest BCUT2D eigenvalue weighted by molar-refractivity contribution is 7.22. The van der Waals surface area contributed by atoms with E-state index in [4.69, 9.17) is 9.40 Å². The highest BCUT2D eigenvalue weighted by Gasteiger charge is 2.21. The lowest BCUT2D eigenvalue weighted by Gasteiger charge is -2.34. The van der Waals surface area contributed by atoms with Crippen molar-refractivity contribution >= 4 is 43.6 Å². The topological polar surface area (TPSA) is 78.7 Å². The minimum Gasteiger partial charge on any atom is -0.422 e. The van der Waals surface area contributed by atoms with Crippen LogP contribution in [0.4, 0.5) is 5.13 Å². The molecule has 1 aliphatic heterocycles. The first kappa shape index (κ1) is 21.6. The van der Waals surface area contributed by atoms with Crippen molar-refractivity contribution < 1.29 is 9.21 Å². The number of fused-ring (bicyclic) bond motifs is 2. The van der Waals surface area contributed by atoms with Gasteiger partial charge in [0.2, 0.25) is 0 Å². The number of nitrogens with zero attached hydrogens (tertiary/aromatic N) is 3. The molecule has 170 valence electrons. The normalized spacial score (nSPS) is 14.8. The molecular formula is C25H26N4O3S. The van der Waals surface area contributed by atoms with Gasteiger partial charge >= 0.3 is 5.63 Å². The van der Waals surface area contributed by atoms with Gasteiger partial charge < -0.3 is 14.6 Å². The summed E-state index contributed by atoms with van der Waals surface area (Å²) in [6.45, 7) is 9.08. The Kier molecular flexibility index (Phi) is 5.86. The van der Waals surface area contributed by atoms with Gasteiger partial charge in [0.1, 0.15) is 11.1 Å². The molecule has 2 aromatic carbocycles.